The number of fused-ring (bicyclic) bond motifs is 1. The van der Waals surface area contributed by atoms with Crippen LogP contribution in [0.2, 0.25) is 5.02 Å². The summed E-state index contributed by atoms with van der Waals surface area (Å²) in [5.74, 6) is 0.923. The summed E-state index contributed by atoms with van der Waals surface area (Å²) in [6.45, 7) is 2.76. The fourth-order valence-electron chi connectivity index (χ4n) is 3.41. The molecule has 4 aromatic rings. The summed E-state index contributed by atoms with van der Waals surface area (Å²) in [6, 6.07) is 9.55. The minimum atomic E-state index is -0.0236. The second-order valence-electron chi connectivity index (χ2n) is 6.66. The Morgan fingerprint density at radius 1 is 1.00 bits per heavy atom. The van der Waals surface area contributed by atoms with Crippen molar-refractivity contribution in [3.8, 4) is 10.6 Å². The second-order valence-corrected chi connectivity index (χ2v) is 8.85. The van der Waals surface area contributed by atoms with Gasteiger partial charge in [0.1, 0.15) is 27.7 Å². The Morgan fingerprint density at radius 2 is 1.79 bits per heavy atom. The maximum Gasteiger partial charge on any atom is 0.273 e. The van der Waals surface area contributed by atoms with Gasteiger partial charge in [-0.3, -0.25) is 4.79 Å². The third-order valence-electron chi connectivity index (χ3n) is 4.92. The maximum atomic E-state index is 12.9. The van der Waals surface area contributed by atoms with Crippen LogP contribution in [0.5, 0.6) is 0 Å². The number of anilines is 1. The van der Waals surface area contributed by atoms with Crippen molar-refractivity contribution < 1.29 is 4.79 Å². The fourth-order valence-corrected chi connectivity index (χ4v) is 5.06. The van der Waals surface area contributed by atoms with Crippen molar-refractivity contribution in [2.24, 2.45) is 0 Å². The van der Waals surface area contributed by atoms with Gasteiger partial charge in [0.05, 0.1) is 5.39 Å². The Morgan fingerprint density at radius 3 is 2.59 bits per heavy atom. The van der Waals surface area contributed by atoms with E-state index in [-0.39, 0.29) is 5.91 Å². The van der Waals surface area contributed by atoms with Gasteiger partial charge in [-0.25, -0.2) is 15.0 Å². The van der Waals surface area contributed by atoms with Crippen molar-refractivity contribution in [1.82, 2.24) is 19.9 Å². The zero-order chi connectivity index (χ0) is 19.8. The number of benzene rings is 1. The number of aromatic nitrogens is 3. The first-order chi connectivity index (χ1) is 14.2. The van der Waals surface area contributed by atoms with E-state index in [0.29, 0.717) is 23.8 Å². The highest BCUT2D eigenvalue weighted by atomic mass is 35.5. The molecule has 0 saturated carbocycles. The number of halogens is 1. The average Bonchev–Trinajstić information content (AvgIpc) is 3.43. The van der Waals surface area contributed by atoms with E-state index < -0.39 is 0 Å². The minimum Gasteiger partial charge on any atom is -0.352 e. The molecule has 0 N–H and O–H groups in total. The molecule has 1 aliphatic rings. The van der Waals surface area contributed by atoms with Crippen molar-refractivity contribution in [2.75, 3.05) is 31.1 Å². The van der Waals surface area contributed by atoms with Gasteiger partial charge < -0.3 is 9.80 Å². The van der Waals surface area contributed by atoms with Crippen LogP contribution in [0.3, 0.4) is 0 Å². The van der Waals surface area contributed by atoms with E-state index in [4.69, 9.17) is 11.6 Å². The summed E-state index contributed by atoms with van der Waals surface area (Å²) in [5.41, 5.74) is 1.46. The lowest BCUT2D eigenvalue weighted by molar-refractivity contribution is 0.0741. The summed E-state index contributed by atoms with van der Waals surface area (Å²) in [7, 11) is 0. The van der Waals surface area contributed by atoms with E-state index in [0.717, 1.165) is 39.7 Å². The lowest BCUT2D eigenvalue weighted by Crippen LogP contribution is -2.49. The number of piperazine rings is 1. The van der Waals surface area contributed by atoms with E-state index >= 15 is 0 Å². The normalized spacial score (nSPS) is 14.5. The Bertz CT molecular complexity index is 1170. The number of nitrogens with zero attached hydrogens (tertiary/aromatic N) is 5. The van der Waals surface area contributed by atoms with E-state index in [1.54, 1.807) is 17.7 Å². The molecular weight excluding hydrogens is 426 g/mol. The first-order valence-corrected chi connectivity index (χ1v) is 11.3. The van der Waals surface area contributed by atoms with Gasteiger partial charge >= 0.3 is 0 Å². The van der Waals surface area contributed by atoms with Crippen LogP contribution < -0.4 is 4.90 Å². The van der Waals surface area contributed by atoms with Crippen LogP contribution in [-0.2, 0) is 0 Å². The van der Waals surface area contributed by atoms with Crippen LogP contribution in [0.15, 0.2) is 47.4 Å². The molecular formula is C20H16ClN5OS2. The number of rotatable bonds is 3. The fraction of sp³-hybridized carbons (Fsp3) is 0.200. The minimum absolute atomic E-state index is 0.0236. The maximum absolute atomic E-state index is 12.9. The molecule has 1 aromatic carbocycles. The highest BCUT2D eigenvalue weighted by molar-refractivity contribution is 7.16. The van der Waals surface area contributed by atoms with Crippen molar-refractivity contribution in [1.29, 1.82) is 0 Å². The molecule has 1 saturated heterocycles. The number of hydrogen-bond donors (Lipinski definition) is 0. The van der Waals surface area contributed by atoms with Gasteiger partial charge in [-0.1, -0.05) is 23.7 Å². The molecule has 3 aromatic heterocycles. The summed E-state index contributed by atoms with van der Waals surface area (Å²) in [5, 5.41) is 6.44. The number of carbonyl (C=O) groups excluding carboxylic acids is 1. The molecule has 29 heavy (non-hydrogen) atoms. The zero-order valence-corrected chi connectivity index (χ0v) is 17.7. The Labute approximate surface area is 180 Å². The number of amides is 1. The molecule has 4 heterocycles. The molecule has 0 atom stereocenters. The zero-order valence-electron chi connectivity index (χ0n) is 15.3. The van der Waals surface area contributed by atoms with Crippen LogP contribution in [0.1, 0.15) is 10.5 Å². The van der Waals surface area contributed by atoms with E-state index in [1.807, 2.05) is 39.9 Å². The number of hydrogen-bond acceptors (Lipinski definition) is 7. The standard InChI is InChI=1S/C20H16ClN5OS2/c21-14-3-1-13(2-4-14)18-24-16(11-29-18)20(27)26-8-6-25(7-9-26)17-15-5-10-28-19(15)23-12-22-17/h1-5,10-12H,6-9H2. The largest absolute Gasteiger partial charge is 0.352 e. The molecule has 146 valence electrons. The first kappa shape index (κ1) is 18.5. The van der Waals surface area contributed by atoms with Crippen molar-refractivity contribution >= 4 is 56.2 Å². The molecule has 0 aliphatic carbocycles. The lowest BCUT2D eigenvalue weighted by Gasteiger charge is -2.35. The van der Waals surface area contributed by atoms with Gasteiger partial charge in [0.25, 0.3) is 5.91 Å². The molecule has 0 spiro atoms. The van der Waals surface area contributed by atoms with Crippen LogP contribution in [0, 0.1) is 0 Å². The van der Waals surface area contributed by atoms with Gasteiger partial charge in [-0.05, 0) is 23.6 Å². The molecule has 0 bridgehead atoms. The quantitative estimate of drug-likeness (QED) is 0.470. The summed E-state index contributed by atoms with van der Waals surface area (Å²) in [4.78, 5) is 31.3. The van der Waals surface area contributed by atoms with Gasteiger partial charge in [-0.15, -0.1) is 22.7 Å². The highest BCUT2D eigenvalue weighted by Gasteiger charge is 2.25. The van der Waals surface area contributed by atoms with Gasteiger partial charge in [0, 0.05) is 42.1 Å². The highest BCUT2D eigenvalue weighted by Crippen LogP contribution is 2.28. The van der Waals surface area contributed by atoms with E-state index in [1.165, 1.54) is 11.3 Å². The number of carbonyl (C=O) groups is 1. The van der Waals surface area contributed by atoms with Gasteiger partial charge in [0.2, 0.25) is 0 Å². The van der Waals surface area contributed by atoms with Gasteiger partial charge in [0.15, 0.2) is 0 Å². The van der Waals surface area contributed by atoms with Crippen LogP contribution in [-0.4, -0.2) is 51.9 Å². The van der Waals surface area contributed by atoms with Crippen LogP contribution in [0.4, 0.5) is 5.82 Å². The third-order valence-corrected chi connectivity index (χ3v) is 6.89. The first-order valence-electron chi connectivity index (χ1n) is 9.13. The molecule has 0 unspecified atom stereocenters. The predicted octanol–water partition coefficient (Wildman–Crippen LogP) is 4.43. The third kappa shape index (κ3) is 3.59. The molecule has 1 fully saturated rings. The molecule has 6 nitrogen and oxygen atoms in total. The molecule has 1 amide bonds. The summed E-state index contributed by atoms with van der Waals surface area (Å²) >= 11 is 9.03. The van der Waals surface area contributed by atoms with Gasteiger partial charge in [-0.2, -0.15) is 0 Å². The number of thiophene rings is 1. The predicted molar refractivity (Wildman–Crippen MR) is 118 cm³/mol. The van der Waals surface area contributed by atoms with Crippen molar-refractivity contribution in [3.63, 3.8) is 0 Å². The second kappa shape index (κ2) is 7.70. The van der Waals surface area contributed by atoms with Crippen LogP contribution in [0.25, 0.3) is 20.8 Å². The number of thiazole rings is 1. The topological polar surface area (TPSA) is 62.2 Å². The molecule has 1 aliphatic heterocycles. The Balaban J connectivity index is 1.28. The molecule has 5 rings (SSSR count). The average molecular weight is 442 g/mol. The molecule has 9 heteroatoms. The van der Waals surface area contributed by atoms with Crippen LogP contribution >= 0.6 is 34.3 Å². The van der Waals surface area contributed by atoms with E-state index in [9.17, 15) is 4.79 Å². The Kier molecular flexibility index (Phi) is 4.91. The van der Waals surface area contributed by atoms with Crippen molar-refractivity contribution in [3.05, 3.63) is 58.1 Å². The van der Waals surface area contributed by atoms with E-state index in [2.05, 4.69) is 25.9 Å². The summed E-state index contributed by atoms with van der Waals surface area (Å²) < 4.78 is 0. The SMILES string of the molecule is O=C(c1csc(-c2ccc(Cl)cc2)n1)N1CCN(c2ncnc3sccc23)CC1. The Hall–Kier alpha value is -2.55. The monoisotopic (exact) mass is 441 g/mol. The smallest absolute Gasteiger partial charge is 0.273 e. The van der Waals surface area contributed by atoms with Crippen molar-refractivity contribution in [2.45, 2.75) is 0 Å². The molecule has 0 radical (unpaired) electrons. The lowest BCUT2D eigenvalue weighted by atomic mass is 10.2. The summed E-state index contributed by atoms with van der Waals surface area (Å²) in [6.07, 6.45) is 1.61.